The van der Waals surface area contributed by atoms with Crippen LogP contribution in [0.3, 0.4) is 0 Å². The first kappa shape index (κ1) is 20.4. The Hall–Kier alpha value is -1.84. The van der Waals surface area contributed by atoms with Gasteiger partial charge >= 0.3 is 0 Å². The highest BCUT2D eigenvalue weighted by Gasteiger charge is 2.31. The summed E-state index contributed by atoms with van der Waals surface area (Å²) >= 11 is 0. The van der Waals surface area contributed by atoms with Crippen LogP contribution in [0.2, 0.25) is 0 Å². The van der Waals surface area contributed by atoms with Gasteiger partial charge in [-0.05, 0) is 61.5 Å². The molecule has 2 fully saturated rings. The Labute approximate surface area is 170 Å². The van der Waals surface area contributed by atoms with Crippen molar-refractivity contribution in [1.29, 1.82) is 0 Å². The van der Waals surface area contributed by atoms with Crippen LogP contribution in [0, 0.1) is 42.0 Å². The largest absolute Gasteiger partial charge is 0.203 e. The van der Waals surface area contributed by atoms with E-state index in [9.17, 15) is 17.6 Å². The molecular weight excluding hydrogens is 376 g/mol. The Morgan fingerprint density at radius 3 is 1.79 bits per heavy atom. The van der Waals surface area contributed by atoms with E-state index in [0.717, 1.165) is 31.6 Å². The van der Waals surface area contributed by atoms with Gasteiger partial charge in [0.25, 0.3) is 0 Å². The minimum Gasteiger partial charge on any atom is -0.203 e. The molecule has 2 saturated carbocycles. The van der Waals surface area contributed by atoms with Crippen LogP contribution >= 0.6 is 0 Å². The maximum absolute atomic E-state index is 14.9. The Morgan fingerprint density at radius 2 is 1.14 bits per heavy atom. The average molecular weight is 404 g/mol. The fraction of sp³-hybridized carbons (Fsp3) is 0.520. The lowest BCUT2D eigenvalue weighted by Gasteiger charge is -2.36. The van der Waals surface area contributed by atoms with E-state index >= 15 is 0 Å². The molecule has 0 aromatic heterocycles. The predicted octanol–water partition coefficient (Wildman–Crippen LogP) is 8.07. The van der Waals surface area contributed by atoms with Gasteiger partial charge in [0.1, 0.15) is 0 Å². The smallest absolute Gasteiger partial charge is 0.167 e. The standard InChI is InChI=1S/C25H28F4/c1-15-7-12-20(24(28)22(15)26)21-14-13-19(23(27)25(21)29)18-10-8-17(9-11-18)16-5-3-2-4-6-16/h7,12-14,16-18H,2-6,8-11H2,1H3. The second-order valence-corrected chi connectivity index (χ2v) is 8.90. The summed E-state index contributed by atoms with van der Waals surface area (Å²) in [5.41, 5.74) is 0.0513. The summed E-state index contributed by atoms with van der Waals surface area (Å²) in [5, 5.41) is 0. The zero-order valence-electron chi connectivity index (χ0n) is 16.9. The third-order valence-corrected chi connectivity index (χ3v) is 7.21. The fourth-order valence-corrected chi connectivity index (χ4v) is 5.45. The SMILES string of the molecule is Cc1ccc(-c2ccc(C3CCC(C4CCCCC4)CC3)c(F)c2F)c(F)c1F. The Morgan fingerprint density at radius 1 is 0.586 bits per heavy atom. The summed E-state index contributed by atoms with van der Waals surface area (Å²) in [7, 11) is 0. The van der Waals surface area contributed by atoms with Gasteiger partial charge in [-0.15, -0.1) is 0 Å². The van der Waals surface area contributed by atoms with Gasteiger partial charge in [-0.25, -0.2) is 17.6 Å². The Bertz CT molecular complexity index is 875. The van der Waals surface area contributed by atoms with Crippen molar-refractivity contribution in [3.05, 3.63) is 58.7 Å². The first-order valence-electron chi connectivity index (χ1n) is 10.9. The van der Waals surface area contributed by atoms with Gasteiger partial charge in [-0.1, -0.05) is 56.4 Å². The molecule has 2 aliphatic rings. The van der Waals surface area contributed by atoms with Crippen LogP contribution in [0.25, 0.3) is 11.1 Å². The van der Waals surface area contributed by atoms with Crippen LogP contribution in [0.1, 0.15) is 74.8 Å². The molecule has 0 amide bonds. The van der Waals surface area contributed by atoms with Gasteiger partial charge in [0.05, 0.1) is 0 Å². The molecule has 0 heterocycles. The van der Waals surface area contributed by atoms with Crippen LogP contribution in [0.4, 0.5) is 17.6 Å². The zero-order chi connectivity index (χ0) is 20.5. The molecule has 0 bridgehead atoms. The van der Waals surface area contributed by atoms with Crippen molar-refractivity contribution in [2.75, 3.05) is 0 Å². The lowest BCUT2D eigenvalue weighted by molar-refractivity contribution is 0.185. The van der Waals surface area contributed by atoms with Crippen LogP contribution in [0.15, 0.2) is 24.3 Å². The Balaban J connectivity index is 1.53. The number of hydrogen-bond acceptors (Lipinski definition) is 0. The number of halogens is 4. The van der Waals surface area contributed by atoms with Gasteiger partial charge < -0.3 is 0 Å². The normalized spacial score (nSPS) is 23.3. The molecule has 0 saturated heterocycles. The van der Waals surface area contributed by atoms with Crippen molar-refractivity contribution in [3.63, 3.8) is 0 Å². The van der Waals surface area contributed by atoms with Crippen molar-refractivity contribution in [1.82, 2.24) is 0 Å². The van der Waals surface area contributed by atoms with Gasteiger partial charge in [0, 0.05) is 11.1 Å². The molecule has 0 aliphatic heterocycles. The fourth-order valence-electron chi connectivity index (χ4n) is 5.45. The zero-order valence-corrected chi connectivity index (χ0v) is 16.9. The second kappa shape index (κ2) is 8.49. The summed E-state index contributed by atoms with van der Waals surface area (Å²) in [5.74, 6) is -2.64. The molecule has 0 nitrogen and oxygen atoms in total. The van der Waals surface area contributed by atoms with E-state index in [-0.39, 0.29) is 22.6 Å². The number of hydrogen-bond donors (Lipinski definition) is 0. The summed E-state index contributed by atoms with van der Waals surface area (Å²) in [6.45, 7) is 1.44. The molecule has 2 aromatic carbocycles. The maximum atomic E-state index is 14.9. The molecule has 2 aromatic rings. The third-order valence-electron chi connectivity index (χ3n) is 7.21. The molecule has 4 rings (SSSR count). The van der Waals surface area contributed by atoms with Gasteiger partial charge in [0.2, 0.25) is 0 Å². The second-order valence-electron chi connectivity index (χ2n) is 8.90. The minimum absolute atomic E-state index is 0.00186. The summed E-state index contributed by atoms with van der Waals surface area (Å²) in [6, 6.07) is 5.65. The molecule has 156 valence electrons. The van der Waals surface area contributed by atoms with Gasteiger partial charge in [-0.3, -0.25) is 0 Å². The van der Waals surface area contributed by atoms with Gasteiger partial charge in [0.15, 0.2) is 23.3 Å². The third kappa shape index (κ3) is 3.95. The molecule has 0 N–H and O–H groups in total. The van der Waals surface area contributed by atoms with Crippen molar-refractivity contribution < 1.29 is 17.6 Å². The quantitative estimate of drug-likeness (QED) is 0.454. The highest BCUT2D eigenvalue weighted by Crippen LogP contribution is 2.44. The topological polar surface area (TPSA) is 0 Å². The summed E-state index contributed by atoms with van der Waals surface area (Å²) in [4.78, 5) is 0. The van der Waals surface area contributed by atoms with Crippen molar-refractivity contribution in [2.24, 2.45) is 11.8 Å². The van der Waals surface area contributed by atoms with E-state index in [2.05, 4.69) is 0 Å². The lowest BCUT2D eigenvalue weighted by atomic mass is 9.70. The van der Waals surface area contributed by atoms with E-state index in [1.807, 2.05) is 0 Å². The molecule has 2 aliphatic carbocycles. The van der Waals surface area contributed by atoms with Crippen molar-refractivity contribution >= 4 is 0 Å². The summed E-state index contributed by atoms with van der Waals surface area (Å²) < 4.78 is 57.9. The van der Waals surface area contributed by atoms with E-state index in [0.29, 0.717) is 11.5 Å². The molecule has 0 radical (unpaired) electrons. The van der Waals surface area contributed by atoms with Crippen LogP contribution < -0.4 is 0 Å². The molecule has 4 heteroatoms. The minimum atomic E-state index is -1.14. The summed E-state index contributed by atoms with van der Waals surface area (Å²) in [6.07, 6.45) is 10.5. The maximum Gasteiger partial charge on any atom is 0.167 e. The molecular formula is C25H28F4. The number of benzene rings is 2. The lowest BCUT2D eigenvalue weighted by Crippen LogP contribution is -2.23. The van der Waals surface area contributed by atoms with Gasteiger partial charge in [-0.2, -0.15) is 0 Å². The molecule has 0 atom stereocenters. The van der Waals surface area contributed by atoms with E-state index in [1.165, 1.54) is 57.2 Å². The Kier molecular flexibility index (Phi) is 5.98. The predicted molar refractivity (Wildman–Crippen MR) is 108 cm³/mol. The van der Waals surface area contributed by atoms with Crippen molar-refractivity contribution in [2.45, 2.75) is 70.6 Å². The van der Waals surface area contributed by atoms with Crippen molar-refractivity contribution in [3.8, 4) is 11.1 Å². The average Bonchev–Trinajstić information content (AvgIpc) is 2.75. The highest BCUT2D eigenvalue weighted by molar-refractivity contribution is 5.66. The number of aryl methyl sites for hydroxylation is 1. The number of rotatable bonds is 3. The first-order valence-corrected chi connectivity index (χ1v) is 10.9. The molecule has 0 unspecified atom stereocenters. The molecule has 29 heavy (non-hydrogen) atoms. The van der Waals surface area contributed by atoms with Crippen LogP contribution in [0.5, 0.6) is 0 Å². The monoisotopic (exact) mass is 404 g/mol. The van der Waals surface area contributed by atoms with E-state index in [4.69, 9.17) is 0 Å². The highest BCUT2D eigenvalue weighted by atomic mass is 19.2. The molecule has 0 spiro atoms. The van der Waals surface area contributed by atoms with Crippen LogP contribution in [-0.2, 0) is 0 Å². The first-order chi connectivity index (χ1) is 14.0. The van der Waals surface area contributed by atoms with Crippen LogP contribution in [-0.4, -0.2) is 0 Å². The van der Waals surface area contributed by atoms with E-state index in [1.54, 1.807) is 6.07 Å². The van der Waals surface area contributed by atoms with E-state index < -0.39 is 23.3 Å².